The van der Waals surface area contributed by atoms with Crippen LogP contribution in [0.3, 0.4) is 0 Å². The Morgan fingerprint density at radius 2 is 1.75 bits per heavy atom. The fourth-order valence-corrected chi connectivity index (χ4v) is 2.01. The number of benzene rings is 2. The van der Waals surface area contributed by atoms with E-state index in [-0.39, 0.29) is 0 Å². The molecule has 1 aliphatic heterocycles. The van der Waals surface area contributed by atoms with Gasteiger partial charge in [-0.1, -0.05) is 18.2 Å². The largest absolute Gasteiger partial charge is 0.454 e. The predicted molar refractivity (Wildman–Crippen MR) is 62.8 cm³/mol. The van der Waals surface area contributed by atoms with Crippen molar-refractivity contribution in [2.75, 3.05) is 13.3 Å². The van der Waals surface area contributed by atoms with E-state index in [9.17, 15) is 0 Å². The Kier molecular flexibility index (Phi) is 2.18. The average Bonchev–Trinajstić information content (AvgIpc) is 2.73. The maximum atomic E-state index is 5.55. The van der Waals surface area contributed by atoms with Crippen LogP contribution in [-0.2, 0) is 6.42 Å². The van der Waals surface area contributed by atoms with Crippen LogP contribution >= 0.6 is 0 Å². The van der Waals surface area contributed by atoms with Crippen molar-refractivity contribution in [3.8, 4) is 11.5 Å². The molecule has 0 aromatic heterocycles. The summed E-state index contributed by atoms with van der Waals surface area (Å²) in [5, 5.41) is 2.35. The highest BCUT2D eigenvalue weighted by Crippen LogP contribution is 2.36. The molecule has 1 heterocycles. The van der Waals surface area contributed by atoms with Gasteiger partial charge < -0.3 is 15.2 Å². The highest BCUT2D eigenvalue weighted by molar-refractivity contribution is 5.86. The second kappa shape index (κ2) is 3.68. The first kappa shape index (κ1) is 9.48. The minimum absolute atomic E-state index is 0.321. The predicted octanol–water partition coefficient (Wildman–Crippen LogP) is 2.07. The SMILES string of the molecule is NCCc1ccc2cc3c(cc2c1)OCO3. The molecule has 0 saturated heterocycles. The van der Waals surface area contributed by atoms with Crippen LogP contribution in [0.25, 0.3) is 10.8 Å². The normalized spacial score (nSPS) is 13.3. The van der Waals surface area contributed by atoms with Crippen LogP contribution < -0.4 is 15.2 Å². The van der Waals surface area contributed by atoms with Crippen molar-refractivity contribution in [2.24, 2.45) is 5.73 Å². The molecule has 3 rings (SSSR count). The molecule has 16 heavy (non-hydrogen) atoms. The van der Waals surface area contributed by atoms with Gasteiger partial charge in [0.05, 0.1) is 0 Å². The van der Waals surface area contributed by atoms with Crippen molar-refractivity contribution in [1.82, 2.24) is 0 Å². The Bertz CT molecular complexity index is 537. The first-order valence-electron chi connectivity index (χ1n) is 5.39. The van der Waals surface area contributed by atoms with Gasteiger partial charge in [-0.15, -0.1) is 0 Å². The first-order valence-corrected chi connectivity index (χ1v) is 5.39. The van der Waals surface area contributed by atoms with Gasteiger partial charge in [0.1, 0.15) is 0 Å². The van der Waals surface area contributed by atoms with E-state index in [0.29, 0.717) is 13.3 Å². The molecule has 0 bridgehead atoms. The minimum Gasteiger partial charge on any atom is -0.454 e. The molecule has 2 aromatic rings. The van der Waals surface area contributed by atoms with Crippen LogP contribution in [-0.4, -0.2) is 13.3 Å². The zero-order valence-corrected chi connectivity index (χ0v) is 8.90. The van der Waals surface area contributed by atoms with Gasteiger partial charge in [0.25, 0.3) is 0 Å². The molecule has 2 aromatic carbocycles. The molecule has 0 fully saturated rings. The molecule has 0 aliphatic carbocycles. The maximum Gasteiger partial charge on any atom is 0.231 e. The summed E-state index contributed by atoms with van der Waals surface area (Å²) in [6, 6.07) is 10.4. The Labute approximate surface area is 93.8 Å². The van der Waals surface area contributed by atoms with Crippen LogP contribution in [0, 0.1) is 0 Å². The number of ether oxygens (including phenoxy) is 2. The lowest BCUT2D eigenvalue weighted by Crippen LogP contribution is -2.02. The van der Waals surface area contributed by atoms with Crippen LogP contribution in [0.15, 0.2) is 30.3 Å². The minimum atomic E-state index is 0.321. The molecule has 3 nitrogen and oxygen atoms in total. The van der Waals surface area contributed by atoms with Crippen LogP contribution in [0.5, 0.6) is 11.5 Å². The third-order valence-electron chi connectivity index (χ3n) is 2.83. The van der Waals surface area contributed by atoms with Crippen molar-refractivity contribution in [3.05, 3.63) is 35.9 Å². The van der Waals surface area contributed by atoms with E-state index in [1.54, 1.807) is 0 Å². The zero-order chi connectivity index (χ0) is 11.0. The van der Waals surface area contributed by atoms with E-state index in [4.69, 9.17) is 15.2 Å². The summed E-state index contributed by atoms with van der Waals surface area (Å²) in [5.41, 5.74) is 6.81. The molecule has 0 unspecified atom stereocenters. The van der Waals surface area contributed by atoms with Crippen molar-refractivity contribution in [3.63, 3.8) is 0 Å². The van der Waals surface area contributed by atoms with Gasteiger partial charge in [-0.3, -0.25) is 0 Å². The Balaban J connectivity index is 2.13. The molecular formula is C13H13NO2. The Morgan fingerprint density at radius 3 is 2.50 bits per heavy atom. The smallest absolute Gasteiger partial charge is 0.231 e. The van der Waals surface area contributed by atoms with E-state index >= 15 is 0 Å². The molecule has 3 heteroatoms. The van der Waals surface area contributed by atoms with Crippen molar-refractivity contribution in [1.29, 1.82) is 0 Å². The molecule has 0 radical (unpaired) electrons. The summed E-state index contributed by atoms with van der Waals surface area (Å²) in [7, 11) is 0. The number of nitrogens with two attached hydrogens (primary N) is 1. The Morgan fingerprint density at radius 1 is 1.00 bits per heavy atom. The van der Waals surface area contributed by atoms with Crippen LogP contribution in [0.4, 0.5) is 0 Å². The number of hydrogen-bond acceptors (Lipinski definition) is 3. The fourth-order valence-electron chi connectivity index (χ4n) is 2.01. The Hall–Kier alpha value is -1.74. The lowest BCUT2D eigenvalue weighted by Gasteiger charge is -2.04. The molecule has 0 spiro atoms. The van der Waals surface area contributed by atoms with Crippen molar-refractivity contribution >= 4 is 10.8 Å². The monoisotopic (exact) mass is 215 g/mol. The van der Waals surface area contributed by atoms with E-state index < -0.39 is 0 Å². The van der Waals surface area contributed by atoms with E-state index in [1.165, 1.54) is 16.3 Å². The summed E-state index contributed by atoms with van der Waals surface area (Å²) < 4.78 is 10.7. The second-order valence-electron chi connectivity index (χ2n) is 3.93. The van der Waals surface area contributed by atoms with Crippen molar-refractivity contribution in [2.45, 2.75) is 6.42 Å². The van der Waals surface area contributed by atoms with E-state index in [1.807, 2.05) is 12.1 Å². The van der Waals surface area contributed by atoms with Gasteiger partial charge in [0, 0.05) is 0 Å². The summed E-state index contributed by atoms with van der Waals surface area (Å²) in [4.78, 5) is 0. The highest BCUT2D eigenvalue weighted by Gasteiger charge is 2.13. The topological polar surface area (TPSA) is 44.5 Å². The average molecular weight is 215 g/mol. The summed E-state index contributed by atoms with van der Waals surface area (Å²) in [6.45, 7) is 0.997. The van der Waals surface area contributed by atoms with Crippen molar-refractivity contribution < 1.29 is 9.47 Å². The highest BCUT2D eigenvalue weighted by atomic mass is 16.7. The quantitative estimate of drug-likeness (QED) is 0.834. The van der Waals surface area contributed by atoms with Gasteiger partial charge in [-0.2, -0.15) is 0 Å². The number of rotatable bonds is 2. The number of fused-ring (bicyclic) bond motifs is 2. The van der Waals surface area contributed by atoms with Gasteiger partial charge >= 0.3 is 0 Å². The first-order chi connectivity index (χ1) is 7.86. The lowest BCUT2D eigenvalue weighted by molar-refractivity contribution is 0.174. The standard InChI is InChI=1S/C13H13NO2/c14-4-3-9-1-2-10-6-12-13(16-8-15-12)7-11(10)5-9/h1-2,5-7H,3-4,8,14H2. The fraction of sp³-hybridized carbons (Fsp3) is 0.231. The van der Waals surface area contributed by atoms with Gasteiger partial charge in [0.15, 0.2) is 11.5 Å². The van der Waals surface area contributed by atoms with Crippen LogP contribution in [0.2, 0.25) is 0 Å². The summed E-state index contributed by atoms with van der Waals surface area (Å²) >= 11 is 0. The van der Waals surface area contributed by atoms with E-state index in [0.717, 1.165) is 17.9 Å². The zero-order valence-electron chi connectivity index (χ0n) is 8.90. The maximum absolute atomic E-state index is 5.55. The molecule has 0 atom stereocenters. The second-order valence-corrected chi connectivity index (χ2v) is 3.93. The van der Waals surface area contributed by atoms with E-state index in [2.05, 4.69) is 18.2 Å². The molecule has 0 saturated carbocycles. The lowest BCUT2D eigenvalue weighted by atomic mass is 10.0. The molecule has 2 N–H and O–H groups in total. The summed E-state index contributed by atoms with van der Waals surface area (Å²) in [5.74, 6) is 1.66. The molecule has 1 aliphatic rings. The third-order valence-corrected chi connectivity index (χ3v) is 2.83. The summed E-state index contributed by atoms with van der Waals surface area (Å²) in [6.07, 6.45) is 0.907. The van der Waals surface area contributed by atoms with Gasteiger partial charge in [-0.05, 0) is 41.4 Å². The molecule has 82 valence electrons. The number of hydrogen-bond donors (Lipinski definition) is 1. The molecular weight excluding hydrogens is 202 g/mol. The van der Waals surface area contributed by atoms with Gasteiger partial charge in [0.2, 0.25) is 6.79 Å². The third kappa shape index (κ3) is 1.49. The molecule has 0 amide bonds. The van der Waals surface area contributed by atoms with Gasteiger partial charge in [-0.25, -0.2) is 0 Å². The van der Waals surface area contributed by atoms with Crippen LogP contribution in [0.1, 0.15) is 5.56 Å².